The third kappa shape index (κ3) is 3.38. The molecule has 4 nitrogen and oxygen atoms in total. The summed E-state index contributed by atoms with van der Waals surface area (Å²) in [6.07, 6.45) is 3.55. The highest BCUT2D eigenvalue weighted by Crippen LogP contribution is 2.41. The van der Waals surface area contributed by atoms with Crippen molar-refractivity contribution < 1.29 is 0 Å². The first kappa shape index (κ1) is 19.1. The highest BCUT2D eigenvalue weighted by atomic mass is 35.5. The minimum absolute atomic E-state index is 0.371. The Morgan fingerprint density at radius 3 is 2.62 bits per heavy atom. The van der Waals surface area contributed by atoms with Gasteiger partial charge in [0.15, 0.2) is 0 Å². The van der Waals surface area contributed by atoms with E-state index < -0.39 is 0 Å². The van der Waals surface area contributed by atoms with Gasteiger partial charge in [-0.25, -0.2) is 4.98 Å². The first-order chi connectivity index (χ1) is 14.0. The summed E-state index contributed by atoms with van der Waals surface area (Å²) >= 11 is 8.17. The molecule has 1 aliphatic carbocycles. The molecule has 1 atom stereocenters. The van der Waals surface area contributed by atoms with E-state index in [1.165, 1.54) is 39.1 Å². The van der Waals surface area contributed by atoms with Gasteiger partial charge in [0.25, 0.3) is 0 Å². The van der Waals surface area contributed by atoms with E-state index >= 15 is 0 Å². The van der Waals surface area contributed by atoms with Gasteiger partial charge in [0.1, 0.15) is 10.6 Å². The molecule has 6 heteroatoms. The quantitative estimate of drug-likeness (QED) is 0.512. The number of anilines is 2. The number of hydrogen-bond acceptors (Lipinski definition) is 5. The number of piperazine rings is 1. The smallest absolute Gasteiger partial charge is 0.225 e. The van der Waals surface area contributed by atoms with Crippen molar-refractivity contribution in [3.8, 4) is 0 Å². The molecule has 3 heterocycles. The van der Waals surface area contributed by atoms with E-state index in [-0.39, 0.29) is 0 Å². The van der Waals surface area contributed by atoms with Crippen LogP contribution >= 0.6 is 22.9 Å². The summed E-state index contributed by atoms with van der Waals surface area (Å²) in [7, 11) is 0. The monoisotopic (exact) mass is 426 g/mol. The molecule has 1 aromatic carbocycles. The zero-order valence-electron chi connectivity index (χ0n) is 17.3. The molecule has 152 valence electrons. The van der Waals surface area contributed by atoms with Crippen LogP contribution in [-0.4, -0.2) is 36.1 Å². The van der Waals surface area contributed by atoms with Crippen molar-refractivity contribution >= 4 is 44.7 Å². The van der Waals surface area contributed by atoms with Crippen LogP contribution < -0.4 is 9.80 Å². The van der Waals surface area contributed by atoms with Gasteiger partial charge in [0.2, 0.25) is 5.28 Å². The Morgan fingerprint density at radius 2 is 1.83 bits per heavy atom. The number of fused-ring (bicyclic) bond motifs is 3. The Bertz CT molecular complexity index is 1070. The lowest BCUT2D eigenvalue weighted by molar-refractivity contribution is 0.509. The molecular formula is C23H27ClN4S. The van der Waals surface area contributed by atoms with Crippen LogP contribution in [0.5, 0.6) is 0 Å². The fourth-order valence-electron chi connectivity index (χ4n) is 4.76. The third-order valence-corrected chi connectivity index (χ3v) is 7.92. The standard InChI is InChI=1S/C23H27ClN4S/c1-14-7-8-17-19(13-14)29-22-20(17)21(25-23(24)26-22)28-11-9-27(10-12-28)18-6-4-5-15(2)16(18)3/h4-6,14H,7-13H2,1-3H3. The van der Waals surface area contributed by atoms with Crippen molar-refractivity contribution in [2.24, 2.45) is 5.92 Å². The van der Waals surface area contributed by atoms with Gasteiger partial charge in [-0.2, -0.15) is 4.98 Å². The Balaban J connectivity index is 1.46. The van der Waals surface area contributed by atoms with E-state index in [2.05, 4.69) is 53.8 Å². The minimum atomic E-state index is 0.371. The highest BCUT2D eigenvalue weighted by Gasteiger charge is 2.27. The number of nitrogens with zero attached hydrogens (tertiary/aromatic N) is 4. The predicted molar refractivity (Wildman–Crippen MR) is 124 cm³/mol. The molecule has 1 fully saturated rings. The van der Waals surface area contributed by atoms with Crippen LogP contribution in [0.25, 0.3) is 10.2 Å². The largest absolute Gasteiger partial charge is 0.368 e. The van der Waals surface area contributed by atoms with Gasteiger partial charge < -0.3 is 9.80 Å². The van der Waals surface area contributed by atoms with E-state index in [4.69, 9.17) is 16.6 Å². The summed E-state index contributed by atoms with van der Waals surface area (Å²) in [6.45, 7) is 10.7. The summed E-state index contributed by atoms with van der Waals surface area (Å²) < 4.78 is 0. The number of benzene rings is 1. The van der Waals surface area contributed by atoms with E-state index in [0.717, 1.165) is 55.6 Å². The van der Waals surface area contributed by atoms with Crippen LogP contribution in [0.1, 0.15) is 34.9 Å². The van der Waals surface area contributed by atoms with Gasteiger partial charge in [0, 0.05) is 36.7 Å². The third-order valence-electron chi connectivity index (χ3n) is 6.60. The number of hydrogen-bond donors (Lipinski definition) is 0. The average Bonchev–Trinajstić information content (AvgIpc) is 3.06. The molecular weight excluding hydrogens is 400 g/mol. The summed E-state index contributed by atoms with van der Waals surface area (Å²) in [6, 6.07) is 6.60. The fraction of sp³-hybridized carbons (Fsp3) is 0.478. The summed E-state index contributed by atoms with van der Waals surface area (Å²) in [5, 5.41) is 1.64. The van der Waals surface area contributed by atoms with Gasteiger partial charge in [-0.3, -0.25) is 0 Å². The number of thiophene rings is 1. The molecule has 0 saturated carbocycles. The number of halogens is 1. The molecule has 3 aromatic rings. The lowest BCUT2D eigenvalue weighted by Gasteiger charge is -2.38. The molecule has 2 aromatic heterocycles. The second-order valence-corrected chi connectivity index (χ2v) is 9.96. The van der Waals surface area contributed by atoms with E-state index in [9.17, 15) is 0 Å². The maximum absolute atomic E-state index is 6.35. The molecule has 1 saturated heterocycles. The molecule has 0 bridgehead atoms. The average molecular weight is 427 g/mol. The summed E-state index contributed by atoms with van der Waals surface area (Å²) in [5.74, 6) is 1.80. The van der Waals surface area contributed by atoms with Gasteiger partial charge >= 0.3 is 0 Å². The second-order valence-electron chi connectivity index (χ2n) is 8.54. The molecule has 2 aliphatic rings. The molecule has 29 heavy (non-hydrogen) atoms. The van der Waals surface area contributed by atoms with Crippen LogP contribution in [0.4, 0.5) is 11.5 Å². The highest BCUT2D eigenvalue weighted by molar-refractivity contribution is 7.19. The number of rotatable bonds is 2. The molecule has 1 unspecified atom stereocenters. The van der Waals surface area contributed by atoms with Gasteiger partial charge in [-0.1, -0.05) is 19.1 Å². The van der Waals surface area contributed by atoms with Crippen molar-refractivity contribution in [3.05, 3.63) is 45.1 Å². The first-order valence-electron chi connectivity index (χ1n) is 10.5. The lowest BCUT2D eigenvalue weighted by Crippen LogP contribution is -2.47. The van der Waals surface area contributed by atoms with Crippen molar-refractivity contribution in [2.75, 3.05) is 36.0 Å². The molecule has 5 rings (SSSR count). The van der Waals surface area contributed by atoms with Gasteiger partial charge in [0.05, 0.1) is 5.39 Å². The fourth-order valence-corrected chi connectivity index (χ4v) is 6.36. The summed E-state index contributed by atoms with van der Waals surface area (Å²) in [5.41, 5.74) is 5.58. The van der Waals surface area contributed by atoms with Crippen molar-refractivity contribution in [3.63, 3.8) is 0 Å². The maximum Gasteiger partial charge on any atom is 0.225 e. The normalized spacial score (nSPS) is 19.7. The van der Waals surface area contributed by atoms with Crippen LogP contribution in [0, 0.1) is 19.8 Å². The molecule has 0 amide bonds. The molecule has 0 spiro atoms. The Labute approximate surface area is 181 Å². The molecule has 0 N–H and O–H groups in total. The van der Waals surface area contributed by atoms with Crippen LogP contribution in [0.3, 0.4) is 0 Å². The van der Waals surface area contributed by atoms with Crippen LogP contribution in [0.2, 0.25) is 5.28 Å². The zero-order valence-corrected chi connectivity index (χ0v) is 18.9. The van der Waals surface area contributed by atoms with Gasteiger partial charge in [-0.05, 0) is 73.4 Å². The molecule has 1 aliphatic heterocycles. The van der Waals surface area contributed by atoms with E-state index in [0.29, 0.717) is 5.28 Å². The van der Waals surface area contributed by atoms with E-state index in [1.807, 2.05) is 11.3 Å². The maximum atomic E-state index is 6.35. The Hall–Kier alpha value is -1.85. The zero-order chi connectivity index (χ0) is 20.1. The number of aryl methyl sites for hydroxylation is 2. The second kappa shape index (κ2) is 7.44. The lowest BCUT2D eigenvalue weighted by atomic mass is 9.89. The van der Waals surface area contributed by atoms with Crippen molar-refractivity contribution in [1.82, 2.24) is 9.97 Å². The topological polar surface area (TPSA) is 32.3 Å². The van der Waals surface area contributed by atoms with Crippen molar-refractivity contribution in [2.45, 2.75) is 40.0 Å². The number of aromatic nitrogens is 2. The predicted octanol–water partition coefficient (Wildman–Crippen LogP) is 5.41. The molecule has 0 radical (unpaired) electrons. The van der Waals surface area contributed by atoms with E-state index in [1.54, 1.807) is 0 Å². The Morgan fingerprint density at radius 1 is 1.07 bits per heavy atom. The van der Waals surface area contributed by atoms with Gasteiger partial charge in [-0.15, -0.1) is 11.3 Å². The van der Waals surface area contributed by atoms with Crippen LogP contribution in [-0.2, 0) is 12.8 Å². The Kier molecular flexibility index (Phi) is 4.91. The summed E-state index contributed by atoms with van der Waals surface area (Å²) in [4.78, 5) is 16.8. The minimum Gasteiger partial charge on any atom is -0.368 e. The first-order valence-corrected chi connectivity index (χ1v) is 11.7. The SMILES string of the molecule is Cc1cccc(N2CCN(c3nc(Cl)nc4sc5c(c34)CCC(C)C5)CC2)c1C. The van der Waals surface area contributed by atoms with Crippen LogP contribution in [0.15, 0.2) is 18.2 Å². The van der Waals surface area contributed by atoms with Crippen molar-refractivity contribution in [1.29, 1.82) is 0 Å².